The van der Waals surface area contributed by atoms with Gasteiger partial charge in [-0.2, -0.15) is 0 Å². The van der Waals surface area contributed by atoms with E-state index in [1.165, 1.54) is 19.2 Å². The lowest BCUT2D eigenvalue weighted by Crippen LogP contribution is -2.56. The monoisotopic (exact) mass is 539 g/mol. The Hall–Kier alpha value is -2.83. The molecule has 0 radical (unpaired) electrons. The minimum absolute atomic E-state index is 0.00877. The first-order valence-corrected chi connectivity index (χ1v) is 14.0. The quantitative estimate of drug-likeness (QED) is 0.346. The number of carbonyl (C=O) groups excluding carboxylic acids is 1. The Morgan fingerprint density at radius 3 is 2.54 bits per heavy atom. The van der Waals surface area contributed by atoms with Gasteiger partial charge in [0.15, 0.2) is 0 Å². The number of rotatable bonds is 11. The molecule has 1 aromatic heterocycles. The average Bonchev–Trinajstić information content (AvgIpc) is 3.21. The molecule has 204 valence electrons. The summed E-state index contributed by atoms with van der Waals surface area (Å²) >= 11 is 0. The van der Waals surface area contributed by atoms with Crippen molar-refractivity contribution in [3.8, 4) is 0 Å². The molecule has 2 unspecified atom stereocenters. The van der Waals surface area contributed by atoms with Crippen LogP contribution in [0.3, 0.4) is 0 Å². The third-order valence-electron chi connectivity index (χ3n) is 6.55. The van der Waals surface area contributed by atoms with Crippen molar-refractivity contribution in [3.63, 3.8) is 0 Å². The van der Waals surface area contributed by atoms with Gasteiger partial charge >= 0.3 is 0 Å². The first-order valence-electron chi connectivity index (χ1n) is 12.2. The second-order valence-corrected chi connectivity index (χ2v) is 11.5. The zero-order chi connectivity index (χ0) is 27.4. The van der Waals surface area contributed by atoms with Crippen LogP contribution in [-0.2, 0) is 16.4 Å². The van der Waals surface area contributed by atoms with Crippen molar-refractivity contribution in [1.82, 2.24) is 15.6 Å². The van der Waals surface area contributed by atoms with Gasteiger partial charge in [-0.25, -0.2) is 22.2 Å². The molecule has 0 aliphatic carbocycles. The summed E-state index contributed by atoms with van der Waals surface area (Å²) in [5.74, 6) is -3.48. The van der Waals surface area contributed by atoms with Gasteiger partial charge in [0.25, 0.3) is 11.8 Å². The van der Waals surface area contributed by atoms with Crippen molar-refractivity contribution in [3.05, 3.63) is 53.6 Å². The summed E-state index contributed by atoms with van der Waals surface area (Å²) in [7, 11) is -2.35. The van der Waals surface area contributed by atoms with Gasteiger partial charge < -0.3 is 21.1 Å². The number of amides is 1. The van der Waals surface area contributed by atoms with Crippen LogP contribution < -0.4 is 20.3 Å². The molecule has 9 nitrogen and oxygen atoms in total. The average molecular weight is 540 g/mol. The van der Waals surface area contributed by atoms with Gasteiger partial charge in [-0.1, -0.05) is 37.3 Å². The maximum atomic E-state index is 14.5. The minimum Gasteiger partial charge on any atom is -0.389 e. The number of halogens is 2. The summed E-state index contributed by atoms with van der Waals surface area (Å²) in [6.07, 6.45) is -0.106. The van der Waals surface area contributed by atoms with Crippen LogP contribution in [0.4, 0.5) is 20.4 Å². The van der Waals surface area contributed by atoms with Crippen LogP contribution in [0, 0.1) is 0 Å². The van der Waals surface area contributed by atoms with Gasteiger partial charge in [0.05, 0.1) is 24.4 Å². The summed E-state index contributed by atoms with van der Waals surface area (Å²) in [5.41, 5.74) is 0.822. The number of pyridine rings is 1. The molecule has 2 aromatic rings. The Balaban J connectivity index is 1.95. The molecule has 0 bridgehead atoms. The van der Waals surface area contributed by atoms with Crippen molar-refractivity contribution in [2.75, 3.05) is 29.5 Å². The largest absolute Gasteiger partial charge is 0.389 e. The van der Waals surface area contributed by atoms with E-state index in [-0.39, 0.29) is 36.2 Å². The number of alkyl halides is 2. The highest BCUT2D eigenvalue weighted by Gasteiger charge is 2.49. The molecule has 1 aromatic carbocycles. The molecule has 1 aliphatic rings. The number of nitrogens with one attached hydrogen (secondary N) is 3. The maximum absolute atomic E-state index is 14.5. The Kier molecular flexibility index (Phi) is 9.09. The first-order chi connectivity index (χ1) is 17.3. The van der Waals surface area contributed by atoms with E-state index in [1.807, 2.05) is 19.9 Å². The van der Waals surface area contributed by atoms with Crippen LogP contribution in [0.1, 0.15) is 42.6 Å². The number of aliphatic hydroxyl groups excluding tert-OH is 1. The summed E-state index contributed by atoms with van der Waals surface area (Å²) in [6, 6.07) is 9.14. The van der Waals surface area contributed by atoms with E-state index in [4.69, 9.17) is 0 Å². The van der Waals surface area contributed by atoms with E-state index in [9.17, 15) is 27.1 Å². The van der Waals surface area contributed by atoms with Crippen LogP contribution in [0.15, 0.2) is 42.5 Å². The lowest BCUT2D eigenvalue weighted by Gasteiger charge is -2.31. The Morgan fingerprint density at radius 1 is 1.30 bits per heavy atom. The number of aliphatic hydroxyl groups is 1. The highest BCUT2D eigenvalue weighted by molar-refractivity contribution is 7.92. The van der Waals surface area contributed by atoms with Crippen molar-refractivity contribution in [2.45, 2.75) is 63.3 Å². The Labute approximate surface area is 216 Å². The number of hydrogen-bond acceptors (Lipinski definition) is 7. The summed E-state index contributed by atoms with van der Waals surface area (Å²) in [5, 5.41) is 19.5. The standard InChI is InChI=1S/C25H35F2N5O4S/c1-5-16(2)29-20-14-18(15-21(31-20)32(3)37(4,35)36)24(34)30-19(13-17-9-7-6-8-10-17)22(33)23-25(26,27)11-12-28-23/h6-10,14-16,19,22-23,28,33H,5,11-13H2,1-4H3,(H,29,31)(H,30,34)/t16-,19?,22?,23-/m0/s1. The molecule has 3 rings (SSSR count). The van der Waals surface area contributed by atoms with Gasteiger partial charge in [-0.15, -0.1) is 0 Å². The normalized spacial score (nSPS) is 19.6. The first kappa shape index (κ1) is 28.7. The molecule has 12 heteroatoms. The fourth-order valence-electron chi connectivity index (χ4n) is 4.09. The predicted octanol–water partition coefficient (Wildman–Crippen LogP) is 2.39. The van der Waals surface area contributed by atoms with E-state index in [2.05, 4.69) is 20.9 Å². The smallest absolute Gasteiger partial charge is 0.266 e. The summed E-state index contributed by atoms with van der Waals surface area (Å²) in [4.78, 5) is 17.7. The second-order valence-electron chi connectivity index (χ2n) is 9.49. The van der Waals surface area contributed by atoms with E-state index in [1.54, 1.807) is 24.3 Å². The molecule has 37 heavy (non-hydrogen) atoms. The van der Waals surface area contributed by atoms with Crippen LogP contribution >= 0.6 is 0 Å². The third-order valence-corrected chi connectivity index (χ3v) is 7.73. The fourth-order valence-corrected chi connectivity index (χ4v) is 4.52. The highest BCUT2D eigenvalue weighted by atomic mass is 32.2. The predicted molar refractivity (Wildman–Crippen MR) is 140 cm³/mol. The number of benzene rings is 1. The van der Waals surface area contributed by atoms with E-state index in [0.717, 1.165) is 22.5 Å². The lowest BCUT2D eigenvalue weighted by molar-refractivity contribution is -0.0606. The van der Waals surface area contributed by atoms with Crippen molar-refractivity contribution in [1.29, 1.82) is 0 Å². The lowest BCUT2D eigenvalue weighted by atomic mass is 9.93. The van der Waals surface area contributed by atoms with E-state index in [0.29, 0.717) is 0 Å². The maximum Gasteiger partial charge on any atom is 0.266 e. The fraction of sp³-hybridized carbons (Fsp3) is 0.520. The number of aromatic nitrogens is 1. The van der Waals surface area contributed by atoms with Crippen LogP contribution in [-0.4, -0.2) is 74.4 Å². The van der Waals surface area contributed by atoms with Gasteiger partial charge in [-0.3, -0.25) is 9.10 Å². The molecular weight excluding hydrogens is 504 g/mol. The second kappa shape index (κ2) is 11.7. The number of nitrogens with zero attached hydrogens (tertiary/aromatic N) is 2. The van der Waals surface area contributed by atoms with Gasteiger partial charge in [0, 0.05) is 31.6 Å². The molecule has 1 amide bonds. The van der Waals surface area contributed by atoms with Gasteiger partial charge in [-0.05, 0) is 37.5 Å². The van der Waals surface area contributed by atoms with Crippen molar-refractivity contribution >= 4 is 27.6 Å². The van der Waals surface area contributed by atoms with E-state index >= 15 is 0 Å². The van der Waals surface area contributed by atoms with Gasteiger partial charge in [0.2, 0.25) is 10.0 Å². The van der Waals surface area contributed by atoms with Gasteiger partial charge in [0.1, 0.15) is 11.6 Å². The van der Waals surface area contributed by atoms with Crippen LogP contribution in [0.2, 0.25) is 0 Å². The zero-order valence-corrected chi connectivity index (χ0v) is 22.2. The Bertz CT molecular complexity index is 1180. The summed E-state index contributed by atoms with van der Waals surface area (Å²) in [6.45, 7) is 3.92. The SMILES string of the molecule is CC[C@H](C)Nc1cc(C(=O)NC(Cc2ccccc2)C(O)[C@@H]2NCCC2(F)F)cc(N(C)S(C)(=O)=O)n1. The highest BCUT2D eigenvalue weighted by Crippen LogP contribution is 2.31. The molecule has 4 atom stereocenters. The van der Waals surface area contributed by atoms with Crippen LogP contribution in [0.5, 0.6) is 0 Å². The zero-order valence-electron chi connectivity index (χ0n) is 21.4. The molecule has 2 heterocycles. The summed E-state index contributed by atoms with van der Waals surface area (Å²) < 4.78 is 54.2. The molecular formula is C25H35F2N5O4S. The Morgan fingerprint density at radius 2 is 1.97 bits per heavy atom. The van der Waals surface area contributed by atoms with E-state index < -0.39 is 46.5 Å². The molecule has 0 spiro atoms. The molecule has 1 aliphatic heterocycles. The number of hydrogen-bond donors (Lipinski definition) is 4. The van der Waals surface area contributed by atoms with Crippen molar-refractivity contribution in [2.24, 2.45) is 0 Å². The van der Waals surface area contributed by atoms with Crippen molar-refractivity contribution < 1.29 is 27.1 Å². The minimum atomic E-state index is -3.67. The number of anilines is 2. The molecule has 1 saturated heterocycles. The molecule has 0 saturated carbocycles. The molecule has 4 N–H and O–H groups in total. The number of sulfonamides is 1. The number of carbonyl (C=O) groups is 1. The topological polar surface area (TPSA) is 124 Å². The van der Waals surface area contributed by atoms with Crippen LogP contribution in [0.25, 0.3) is 0 Å². The molecule has 1 fully saturated rings. The third kappa shape index (κ3) is 7.36.